The molecule has 20 heavy (non-hydrogen) atoms. The van der Waals surface area contributed by atoms with Crippen LogP contribution in [0.25, 0.3) is 0 Å². The molecule has 1 aliphatic rings. The van der Waals surface area contributed by atoms with E-state index in [1.54, 1.807) is 0 Å². The number of rotatable bonds is 7. The lowest BCUT2D eigenvalue weighted by atomic mass is 10.1. The zero-order valence-corrected chi connectivity index (χ0v) is 13.7. The van der Waals surface area contributed by atoms with E-state index < -0.39 is 0 Å². The largest absolute Gasteiger partial charge is 0.376 e. The molecule has 2 rings (SSSR count). The molecule has 0 spiro atoms. The quantitative estimate of drug-likeness (QED) is 0.820. The third-order valence-electron chi connectivity index (χ3n) is 3.59. The number of hydrogen-bond donors (Lipinski definition) is 1. The highest BCUT2D eigenvalue weighted by atomic mass is 79.9. The molecule has 2 unspecified atom stereocenters. The van der Waals surface area contributed by atoms with Crippen LogP contribution in [0.15, 0.2) is 28.7 Å². The second-order valence-corrected chi connectivity index (χ2v) is 5.99. The van der Waals surface area contributed by atoms with E-state index in [4.69, 9.17) is 9.47 Å². The highest BCUT2D eigenvalue weighted by Crippen LogP contribution is 2.26. The van der Waals surface area contributed by atoms with Crippen LogP contribution in [-0.2, 0) is 9.47 Å². The predicted molar refractivity (Wildman–Crippen MR) is 85.0 cm³/mol. The molecule has 0 radical (unpaired) electrons. The zero-order chi connectivity index (χ0) is 14.2. The van der Waals surface area contributed by atoms with E-state index in [0.717, 1.165) is 30.6 Å². The molecule has 1 saturated heterocycles. The van der Waals surface area contributed by atoms with Gasteiger partial charge in [0.1, 0.15) is 0 Å². The highest BCUT2D eigenvalue weighted by Gasteiger charge is 2.19. The summed E-state index contributed by atoms with van der Waals surface area (Å²) in [6.45, 7) is 5.44. The van der Waals surface area contributed by atoms with Crippen LogP contribution < -0.4 is 5.32 Å². The Kier molecular flexibility index (Phi) is 7.00. The molecule has 0 amide bonds. The van der Waals surface area contributed by atoms with Crippen LogP contribution in [-0.4, -0.2) is 32.4 Å². The fraction of sp³-hybridized carbons (Fsp3) is 0.625. The molecule has 0 aliphatic carbocycles. The maximum absolute atomic E-state index is 6.13. The summed E-state index contributed by atoms with van der Waals surface area (Å²) in [6.07, 6.45) is 3.87. The average Bonchev–Trinajstić information content (AvgIpc) is 2.49. The first-order valence-electron chi connectivity index (χ1n) is 7.49. The minimum Gasteiger partial charge on any atom is -0.376 e. The van der Waals surface area contributed by atoms with Crippen molar-refractivity contribution < 1.29 is 9.47 Å². The summed E-state index contributed by atoms with van der Waals surface area (Å²) in [6, 6.07) is 8.27. The number of ether oxygens (including phenoxy) is 2. The molecular weight excluding hydrogens is 318 g/mol. The van der Waals surface area contributed by atoms with Gasteiger partial charge in [-0.3, -0.25) is 0 Å². The summed E-state index contributed by atoms with van der Waals surface area (Å²) in [4.78, 5) is 0. The second kappa shape index (κ2) is 8.78. The Morgan fingerprint density at radius 1 is 1.40 bits per heavy atom. The van der Waals surface area contributed by atoms with Gasteiger partial charge in [0.05, 0.1) is 18.8 Å². The van der Waals surface area contributed by atoms with E-state index in [2.05, 4.69) is 46.4 Å². The van der Waals surface area contributed by atoms with E-state index in [1.807, 2.05) is 6.07 Å². The standard InChI is InChI=1S/C16H24BrNO2/c1-2-18-11-16(14-8-3-4-9-15(14)17)20-12-13-7-5-6-10-19-13/h3-4,8-9,13,16,18H,2,5-7,10-12H2,1H3. The van der Waals surface area contributed by atoms with Gasteiger partial charge in [-0.15, -0.1) is 0 Å². The Bertz CT molecular complexity index is 394. The van der Waals surface area contributed by atoms with Crippen LogP contribution >= 0.6 is 15.9 Å². The summed E-state index contributed by atoms with van der Waals surface area (Å²) in [7, 11) is 0. The van der Waals surface area contributed by atoms with Gasteiger partial charge in [-0.25, -0.2) is 0 Å². The molecule has 3 nitrogen and oxygen atoms in total. The molecule has 1 aromatic carbocycles. The van der Waals surface area contributed by atoms with Gasteiger partial charge in [0.15, 0.2) is 0 Å². The molecule has 1 heterocycles. The van der Waals surface area contributed by atoms with Gasteiger partial charge in [0.25, 0.3) is 0 Å². The van der Waals surface area contributed by atoms with E-state index >= 15 is 0 Å². The van der Waals surface area contributed by atoms with Crippen LogP contribution in [0.1, 0.15) is 37.9 Å². The number of likely N-dealkylation sites (N-methyl/N-ethyl adjacent to an activating group) is 1. The van der Waals surface area contributed by atoms with Crippen LogP contribution in [0.3, 0.4) is 0 Å². The molecule has 112 valence electrons. The minimum atomic E-state index is 0.0658. The van der Waals surface area contributed by atoms with Crippen molar-refractivity contribution in [3.8, 4) is 0 Å². The van der Waals surface area contributed by atoms with Crippen LogP contribution in [0.5, 0.6) is 0 Å². The van der Waals surface area contributed by atoms with Gasteiger partial charge in [-0.2, -0.15) is 0 Å². The minimum absolute atomic E-state index is 0.0658. The fourth-order valence-electron chi connectivity index (χ4n) is 2.43. The topological polar surface area (TPSA) is 30.5 Å². The molecule has 0 aromatic heterocycles. The molecule has 1 aromatic rings. The normalized spacial score (nSPS) is 20.8. The lowest BCUT2D eigenvalue weighted by Gasteiger charge is -2.26. The Labute approximate surface area is 130 Å². The second-order valence-electron chi connectivity index (χ2n) is 5.14. The van der Waals surface area contributed by atoms with Crippen molar-refractivity contribution in [2.75, 3.05) is 26.3 Å². The van der Waals surface area contributed by atoms with Gasteiger partial charge in [-0.1, -0.05) is 41.1 Å². The molecule has 4 heteroatoms. The first-order chi connectivity index (χ1) is 9.81. The maximum Gasteiger partial charge on any atom is 0.0961 e. The smallest absolute Gasteiger partial charge is 0.0961 e. The Hall–Kier alpha value is -0.420. The molecule has 0 saturated carbocycles. The van der Waals surface area contributed by atoms with Gasteiger partial charge < -0.3 is 14.8 Å². The Morgan fingerprint density at radius 2 is 2.25 bits per heavy atom. The van der Waals surface area contributed by atoms with Gasteiger partial charge >= 0.3 is 0 Å². The summed E-state index contributed by atoms with van der Waals surface area (Å²) < 4.78 is 13.0. The SMILES string of the molecule is CCNCC(OCC1CCCCO1)c1ccccc1Br. The van der Waals surface area contributed by atoms with Crippen molar-refractivity contribution >= 4 is 15.9 Å². The van der Waals surface area contributed by atoms with E-state index in [9.17, 15) is 0 Å². The molecule has 1 fully saturated rings. The third kappa shape index (κ3) is 4.85. The predicted octanol–water partition coefficient (Wildman–Crippen LogP) is 3.69. The Morgan fingerprint density at radius 3 is 2.95 bits per heavy atom. The number of benzene rings is 1. The molecule has 0 bridgehead atoms. The van der Waals surface area contributed by atoms with Crippen molar-refractivity contribution in [1.29, 1.82) is 0 Å². The highest BCUT2D eigenvalue weighted by molar-refractivity contribution is 9.10. The van der Waals surface area contributed by atoms with Crippen molar-refractivity contribution in [1.82, 2.24) is 5.32 Å². The molecule has 2 atom stereocenters. The van der Waals surface area contributed by atoms with Gasteiger partial charge in [-0.05, 0) is 37.4 Å². The molecule has 1 N–H and O–H groups in total. The van der Waals surface area contributed by atoms with Crippen molar-refractivity contribution in [3.63, 3.8) is 0 Å². The average molecular weight is 342 g/mol. The number of nitrogens with one attached hydrogen (secondary N) is 1. The monoisotopic (exact) mass is 341 g/mol. The van der Waals surface area contributed by atoms with E-state index in [-0.39, 0.29) is 12.2 Å². The summed E-state index contributed by atoms with van der Waals surface area (Å²) >= 11 is 3.62. The first-order valence-corrected chi connectivity index (χ1v) is 8.29. The van der Waals surface area contributed by atoms with Crippen LogP contribution in [0.2, 0.25) is 0 Å². The van der Waals surface area contributed by atoms with Crippen LogP contribution in [0, 0.1) is 0 Å². The molecular formula is C16H24BrNO2. The van der Waals surface area contributed by atoms with Crippen LogP contribution in [0.4, 0.5) is 0 Å². The summed E-state index contributed by atoms with van der Waals surface area (Å²) in [5, 5.41) is 3.38. The maximum atomic E-state index is 6.13. The zero-order valence-electron chi connectivity index (χ0n) is 12.1. The Balaban J connectivity index is 1.94. The van der Waals surface area contributed by atoms with Gasteiger partial charge in [0.2, 0.25) is 0 Å². The van der Waals surface area contributed by atoms with Crippen molar-refractivity contribution in [2.45, 2.75) is 38.4 Å². The number of halogens is 1. The fourth-order valence-corrected chi connectivity index (χ4v) is 2.97. The van der Waals surface area contributed by atoms with Crippen molar-refractivity contribution in [3.05, 3.63) is 34.3 Å². The molecule has 1 aliphatic heterocycles. The third-order valence-corrected chi connectivity index (χ3v) is 4.31. The first kappa shape index (κ1) is 16.0. The summed E-state index contributed by atoms with van der Waals surface area (Å²) in [5.41, 5.74) is 1.20. The number of hydrogen-bond acceptors (Lipinski definition) is 3. The van der Waals surface area contributed by atoms with Gasteiger partial charge in [0, 0.05) is 17.6 Å². The van der Waals surface area contributed by atoms with E-state index in [0.29, 0.717) is 6.61 Å². The van der Waals surface area contributed by atoms with E-state index in [1.165, 1.54) is 18.4 Å². The van der Waals surface area contributed by atoms with Crippen molar-refractivity contribution in [2.24, 2.45) is 0 Å². The lowest BCUT2D eigenvalue weighted by Crippen LogP contribution is -2.29. The lowest BCUT2D eigenvalue weighted by molar-refractivity contribution is -0.0634. The summed E-state index contributed by atoms with van der Waals surface area (Å²) in [5.74, 6) is 0.